The summed E-state index contributed by atoms with van der Waals surface area (Å²) in [6, 6.07) is 19.7. The first-order chi connectivity index (χ1) is 10.7. The normalized spacial score (nSPS) is 12.1. The summed E-state index contributed by atoms with van der Waals surface area (Å²) in [7, 11) is 1.62. The van der Waals surface area contributed by atoms with Gasteiger partial charge in [0.1, 0.15) is 11.5 Å². The molecule has 0 aliphatic heterocycles. The van der Waals surface area contributed by atoms with Gasteiger partial charge in [-0.2, -0.15) is 0 Å². The summed E-state index contributed by atoms with van der Waals surface area (Å²) in [6.07, 6.45) is 0. The molecule has 0 aromatic heterocycles. The molecule has 22 heavy (non-hydrogen) atoms. The number of hydrogen-bond acceptors (Lipinski definition) is 3. The maximum absolute atomic E-state index is 10.1. The van der Waals surface area contributed by atoms with Crippen molar-refractivity contribution in [1.29, 1.82) is 0 Å². The van der Waals surface area contributed by atoms with Crippen LogP contribution in [0.4, 0.5) is 5.69 Å². The summed E-state index contributed by atoms with van der Waals surface area (Å²) in [5.74, 6) is 1.00. The Hall–Kier alpha value is -2.68. The number of benzene rings is 3. The van der Waals surface area contributed by atoms with Crippen LogP contribution in [0.15, 0.2) is 60.7 Å². The van der Waals surface area contributed by atoms with E-state index in [1.54, 1.807) is 19.2 Å². The zero-order valence-corrected chi connectivity index (χ0v) is 12.7. The van der Waals surface area contributed by atoms with Crippen molar-refractivity contribution in [2.45, 2.75) is 13.0 Å². The van der Waals surface area contributed by atoms with Gasteiger partial charge in [0.2, 0.25) is 0 Å². The van der Waals surface area contributed by atoms with E-state index in [2.05, 4.69) is 29.6 Å². The lowest BCUT2D eigenvalue weighted by molar-refractivity contribution is 0.410. The Bertz CT molecular complexity index is 793. The number of ether oxygens (including phenoxy) is 1. The Morgan fingerprint density at radius 2 is 1.77 bits per heavy atom. The molecule has 0 aliphatic rings. The van der Waals surface area contributed by atoms with Crippen LogP contribution in [-0.4, -0.2) is 12.2 Å². The molecule has 0 heterocycles. The lowest BCUT2D eigenvalue weighted by Crippen LogP contribution is -2.07. The lowest BCUT2D eigenvalue weighted by Gasteiger charge is -2.19. The smallest absolute Gasteiger partial charge is 0.121 e. The first-order valence-corrected chi connectivity index (χ1v) is 7.30. The Morgan fingerprint density at radius 1 is 1.00 bits per heavy atom. The van der Waals surface area contributed by atoms with E-state index in [9.17, 15) is 5.11 Å². The van der Waals surface area contributed by atoms with E-state index < -0.39 is 0 Å². The summed E-state index contributed by atoms with van der Waals surface area (Å²) in [6.45, 7) is 2.02. The van der Waals surface area contributed by atoms with Crippen LogP contribution >= 0.6 is 0 Å². The van der Waals surface area contributed by atoms with Gasteiger partial charge >= 0.3 is 0 Å². The van der Waals surface area contributed by atoms with Crippen LogP contribution in [-0.2, 0) is 0 Å². The average molecular weight is 293 g/mol. The van der Waals surface area contributed by atoms with E-state index in [1.807, 2.05) is 31.2 Å². The van der Waals surface area contributed by atoms with Crippen molar-refractivity contribution in [3.8, 4) is 11.5 Å². The molecule has 0 aliphatic carbocycles. The summed E-state index contributed by atoms with van der Waals surface area (Å²) in [4.78, 5) is 0. The molecule has 2 N–H and O–H groups in total. The van der Waals surface area contributed by atoms with Crippen molar-refractivity contribution in [3.63, 3.8) is 0 Å². The molecule has 0 saturated carbocycles. The fourth-order valence-electron chi connectivity index (χ4n) is 2.67. The molecule has 112 valence electrons. The summed E-state index contributed by atoms with van der Waals surface area (Å²) in [5, 5.41) is 15.9. The maximum atomic E-state index is 10.1. The minimum absolute atomic E-state index is 0.0408. The van der Waals surface area contributed by atoms with E-state index in [1.165, 1.54) is 10.8 Å². The fraction of sp³-hybridized carbons (Fsp3) is 0.158. The molecule has 0 amide bonds. The molecule has 1 atom stereocenters. The second-order valence-corrected chi connectivity index (χ2v) is 5.32. The van der Waals surface area contributed by atoms with E-state index in [4.69, 9.17) is 4.74 Å². The van der Waals surface area contributed by atoms with Gasteiger partial charge in [0.05, 0.1) is 13.2 Å². The summed E-state index contributed by atoms with van der Waals surface area (Å²) >= 11 is 0. The number of anilines is 1. The van der Waals surface area contributed by atoms with E-state index in [0.717, 1.165) is 17.0 Å². The molecule has 0 saturated heterocycles. The van der Waals surface area contributed by atoms with E-state index in [-0.39, 0.29) is 11.8 Å². The Kier molecular flexibility index (Phi) is 3.88. The standard InChI is InChI=1S/C19H19NO2/c1-13(17-12-15(22-2)10-11-19(17)21)20-18-9-5-7-14-6-3-4-8-16(14)18/h3-13,20-21H,1-2H3. The van der Waals surface area contributed by atoms with Crippen molar-refractivity contribution < 1.29 is 9.84 Å². The Labute approximate surface area is 130 Å². The number of nitrogens with one attached hydrogen (secondary N) is 1. The zero-order chi connectivity index (χ0) is 15.5. The highest BCUT2D eigenvalue weighted by Gasteiger charge is 2.12. The van der Waals surface area contributed by atoms with Crippen molar-refractivity contribution in [2.75, 3.05) is 12.4 Å². The van der Waals surface area contributed by atoms with E-state index in [0.29, 0.717) is 0 Å². The summed E-state index contributed by atoms with van der Waals surface area (Å²) in [5.41, 5.74) is 1.86. The number of aromatic hydroxyl groups is 1. The van der Waals surface area contributed by atoms with Crippen LogP contribution in [0.3, 0.4) is 0 Å². The van der Waals surface area contributed by atoms with Crippen LogP contribution in [0.25, 0.3) is 10.8 Å². The molecule has 3 nitrogen and oxygen atoms in total. The van der Waals surface area contributed by atoms with Crippen molar-refractivity contribution >= 4 is 16.5 Å². The van der Waals surface area contributed by atoms with Gasteiger partial charge in [0.25, 0.3) is 0 Å². The molecule has 0 bridgehead atoms. The number of phenolic OH excluding ortho intramolecular Hbond substituents is 1. The second-order valence-electron chi connectivity index (χ2n) is 5.32. The van der Waals surface area contributed by atoms with Gasteiger partial charge in [-0.05, 0) is 36.6 Å². The molecule has 0 radical (unpaired) electrons. The minimum Gasteiger partial charge on any atom is -0.508 e. The second kappa shape index (κ2) is 5.98. The molecule has 0 spiro atoms. The Morgan fingerprint density at radius 3 is 2.59 bits per heavy atom. The van der Waals surface area contributed by atoms with Crippen molar-refractivity contribution in [3.05, 3.63) is 66.2 Å². The van der Waals surface area contributed by atoms with Crippen molar-refractivity contribution in [1.82, 2.24) is 0 Å². The topological polar surface area (TPSA) is 41.5 Å². The summed E-state index contributed by atoms with van der Waals surface area (Å²) < 4.78 is 5.24. The molecule has 0 fully saturated rings. The highest BCUT2D eigenvalue weighted by atomic mass is 16.5. The van der Waals surface area contributed by atoms with Gasteiger partial charge in [0, 0.05) is 16.6 Å². The van der Waals surface area contributed by atoms with Crippen LogP contribution in [0.2, 0.25) is 0 Å². The fourth-order valence-corrected chi connectivity index (χ4v) is 2.67. The first kappa shape index (κ1) is 14.3. The zero-order valence-electron chi connectivity index (χ0n) is 12.7. The highest BCUT2D eigenvalue weighted by Crippen LogP contribution is 2.32. The van der Waals surface area contributed by atoms with Gasteiger partial charge in [-0.25, -0.2) is 0 Å². The SMILES string of the molecule is COc1ccc(O)c(C(C)Nc2cccc3ccccc23)c1. The number of rotatable bonds is 4. The molecule has 3 rings (SSSR count). The first-order valence-electron chi connectivity index (χ1n) is 7.30. The van der Waals surface area contributed by atoms with E-state index >= 15 is 0 Å². The number of phenols is 1. The van der Waals surface area contributed by atoms with Crippen LogP contribution < -0.4 is 10.1 Å². The lowest BCUT2D eigenvalue weighted by atomic mass is 10.0. The third-order valence-corrected chi connectivity index (χ3v) is 3.86. The number of fused-ring (bicyclic) bond motifs is 1. The Balaban J connectivity index is 1.95. The highest BCUT2D eigenvalue weighted by molar-refractivity contribution is 5.93. The largest absolute Gasteiger partial charge is 0.508 e. The van der Waals surface area contributed by atoms with Crippen LogP contribution in [0, 0.1) is 0 Å². The predicted molar refractivity (Wildman–Crippen MR) is 90.6 cm³/mol. The quantitative estimate of drug-likeness (QED) is 0.731. The monoisotopic (exact) mass is 293 g/mol. The maximum Gasteiger partial charge on any atom is 0.121 e. The third-order valence-electron chi connectivity index (χ3n) is 3.86. The van der Waals surface area contributed by atoms with Crippen molar-refractivity contribution in [2.24, 2.45) is 0 Å². The van der Waals surface area contributed by atoms with Gasteiger partial charge in [-0.1, -0.05) is 36.4 Å². The van der Waals surface area contributed by atoms with Gasteiger partial charge in [-0.15, -0.1) is 0 Å². The molecular formula is C19H19NO2. The third kappa shape index (κ3) is 2.70. The molecule has 3 aromatic carbocycles. The van der Waals surface area contributed by atoms with Gasteiger partial charge in [0.15, 0.2) is 0 Å². The van der Waals surface area contributed by atoms with Crippen LogP contribution in [0.5, 0.6) is 11.5 Å². The van der Waals surface area contributed by atoms with Gasteiger partial charge in [-0.3, -0.25) is 0 Å². The number of methoxy groups -OCH3 is 1. The molecule has 3 aromatic rings. The molecule has 3 heteroatoms. The minimum atomic E-state index is -0.0408. The average Bonchev–Trinajstić information content (AvgIpc) is 2.55. The molecular weight excluding hydrogens is 274 g/mol. The number of hydrogen-bond donors (Lipinski definition) is 2. The predicted octanol–water partition coefficient (Wildman–Crippen LogP) is 4.73. The molecule has 1 unspecified atom stereocenters. The van der Waals surface area contributed by atoms with Gasteiger partial charge < -0.3 is 15.2 Å². The van der Waals surface area contributed by atoms with Crippen LogP contribution in [0.1, 0.15) is 18.5 Å².